The molecule has 2 heterocycles. The van der Waals surface area contributed by atoms with E-state index in [1.54, 1.807) is 24.7 Å². The van der Waals surface area contributed by atoms with Crippen molar-refractivity contribution < 1.29 is 13.6 Å². The molecule has 3 rings (SSSR count). The maximum absolute atomic E-state index is 12.9. The van der Waals surface area contributed by atoms with Crippen LogP contribution < -0.4 is 10.6 Å². The molecule has 1 saturated heterocycles. The van der Waals surface area contributed by atoms with E-state index < -0.39 is 0 Å². The quantitative estimate of drug-likeness (QED) is 0.828. The van der Waals surface area contributed by atoms with Crippen molar-refractivity contribution in [1.82, 2.24) is 15.5 Å². The number of rotatable bonds is 6. The summed E-state index contributed by atoms with van der Waals surface area (Å²) in [4.78, 5) is 14.5. The van der Waals surface area contributed by atoms with E-state index in [2.05, 4.69) is 15.5 Å². The van der Waals surface area contributed by atoms with Gasteiger partial charge in [0.05, 0.1) is 18.6 Å². The molecule has 1 fully saturated rings. The molecule has 134 valence electrons. The monoisotopic (exact) mass is 363 g/mol. The Labute approximate surface area is 151 Å². The lowest BCUT2D eigenvalue weighted by Crippen LogP contribution is -2.44. The van der Waals surface area contributed by atoms with E-state index in [-0.39, 0.29) is 17.9 Å². The molecule has 5 nitrogen and oxygen atoms in total. The summed E-state index contributed by atoms with van der Waals surface area (Å²) in [6.07, 6.45) is 3.40. The average molecular weight is 363 g/mol. The third-order valence-corrected chi connectivity index (χ3v) is 5.18. The van der Waals surface area contributed by atoms with Gasteiger partial charge in [0.25, 0.3) is 0 Å². The Morgan fingerprint density at radius 3 is 2.64 bits per heavy atom. The van der Waals surface area contributed by atoms with Crippen molar-refractivity contribution in [3.8, 4) is 0 Å². The van der Waals surface area contributed by atoms with Crippen LogP contribution >= 0.6 is 11.8 Å². The van der Waals surface area contributed by atoms with Crippen molar-refractivity contribution in [2.24, 2.45) is 0 Å². The van der Waals surface area contributed by atoms with Gasteiger partial charge in [-0.05, 0) is 23.8 Å². The van der Waals surface area contributed by atoms with Crippen molar-refractivity contribution >= 4 is 17.8 Å². The second-order valence-corrected chi connectivity index (χ2v) is 7.14. The van der Waals surface area contributed by atoms with E-state index in [0.29, 0.717) is 13.1 Å². The summed E-state index contributed by atoms with van der Waals surface area (Å²) in [5.74, 6) is 1.92. The third-order valence-electron chi connectivity index (χ3n) is 4.24. The first-order valence-corrected chi connectivity index (χ1v) is 9.48. The van der Waals surface area contributed by atoms with Crippen LogP contribution in [0.4, 0.5) is 9.18 Å². The number of halogens is 1. The molecule has 2 aromatic rings. The first-order valence-electron chi connectivity index (χ1n) is 8.32. The number of hydrogen-bond donors (Lipinski definition) is 2. The van der Waals surface area contributed by atoms with E-state index in [1.807, 2.05) is 17.8 Å². The first-order chi connectivity index (χ1) is 12.2. The maximum atomic E-state index is 12.9. The van der Waals surface area contributed by atoms with Gasteiger partial charge in [-0.25, -0.2) is 9.18 Å². The van der Waals surface area contributed by atoms with Crippen molar-refractivity contribution in [2.45, 2.75) is 12.6 Å². The molecular weight excluding hydrogens is 341 g/mol. The highest BCUT2D eigenvalue weighted by atomic mass is 32.2. The molecule has 1 atom stereocenters. The number of urea groups is 1. The van der Waals surface area contributed by atoms with E-state index in [0.717, 1.165) is 35.7 Å². The molecule has 1 aromatic carbocycles. The van der Waals surface area contributed by atoms with Crippen molar-refractivity contribution in [3.05, 3.63) is 59.8 Å². The van der Waals surface area contributed by atoms with E-state index in [9.17, 15) is 9.18 Å². The molecule has 25 heavy (non-hydrogen) atoms. The minimum absolute atomic E-state index is 0.108. The Bertz CT molecular complexity index is 657. The van der Waals surface area contributed by atoms with E-state index >= 15 is 0 Å². The Balaban J connectivity index is 1.51. The summed E-state index contributed by atoms with van der Waals surface area (Å²) in [6, 6.07) is 7.92. The first kappa shape index (κ1) is 17.8. The van der Waals surface area contributed by atoms with E-state index in [1.165, 1.54) is 12.1 Å². The van der Waals surface area contributed by atoms with Crippen molar-refractivity contribution in [1.29, 1.82) is 0 Å². The smallest absolute Gasteiger partial charge is 0.315 e. The summed E-state index contributed by atoms with van der Waals surface area (Å²) < 4.78 is 18.1. The Morgan fingerprint density at radius 1 is 1.20 bits per heavy atom. The highest BCUT2D eigenvalue weighted by molar-refractivity contribution is 7.99. The molecule has 1 unspecified atom stereocenters. The SMILES string of the molecule is O=C(NCc1ccc(F)cc1)NCC(c1ccoc1)N1CCSCC1. The van der Waals surface area contributed by atoms with Crippen LogP contribution in [-0.2, 0) is 6.54 Å². The van der Waals surface area contributed by atoms with Gasteiger partial charge in [0.1, 0.15) is 5.82 Å². The number of nitrogens with zero attached hydrogens (tertiary/aromatic N) is 1. The van der Waals surface area contributed by atoms with Gasteiger partial charge in [-0.15, -0.1) is 0 Å². The normalized spacial score (nSPS) is 16.4. The number of carbonyl (C=O) groups excluding carboxylic acids is 1. The molecular formula is C18H22FN3O2S. The van der Waals surface area contributed by atoms with Gasteiger partial charge in [0.15, 0.2) is 0 Å². The van der Waals surface area contributed by atoms with Gasteiger partial charge in [-0.3, -0.25) is 4.90 Å². The van der Waals surface area contributed by atoms with Gasteiger partial charge in [-0.1, -0.05) is 12.1 Å². The van der Waals surface area contributed by atoms with Crippen LogP contribution in [0, 0.1) is 5.82 Å². The summed E-state index contributed by atoms with van der Waals surface area (Å²) in [7, 11) is 0. The molecule has 1 aromatic heterocycles. The largest absolute Gasteiger partial charge is 0.472 e. The average Bonchev–Trinajstić information content (AvgIpc) is 3.17. The number of benzene rings is 1. The minimum Gasteiger partial charge on any atom is -0.472 e. The molecule has 2 amide bonds. The number of carbonyl (C=O) groups is 1. The second kappa shape index (κ2) is 8.92. The lowest BCUT2D eigenvalue weighted by atomic mass is 10.1. The molecule has 1 aliphatic rings. The summed E-state index contributed by atoms with van der Waals surface area (Å²) in [5.41, 5.74) is 1.93. The fourth-order valence-electron chi connectivity index (χ4n) is 2.85. The molecule has 0 aliphatic carbocycles. The maximum Gasteiger partial charge on any atom is 0.315 e. The molecule has 1 aliphatic heterocycles. The van der Waals surface area contributed by atoms with Gasteiger partial charge in [0, 0.05) is 43.2 Å². The number of thioether (sulfide) groups is 1. The zero-order valence-electron chi connectivity index (χ0n) is 13.9. The number of amides is 2. The predicted molar refractivity (Wildman–Crippen MR) is 97.0 cm³/mol. The number of hydrogen-bond acceptors (Lipinski definition) is 4. The lowest BCUT2D eigenvalue weighted by Gasteiger charge is -2.33. The molecule has 7 heteroatoms. The zero-order valence-corrected chi connectivity index (χ0v) is 14.7. The fourth-order valence-corrected chi connectivity index (χ4v) is 3.78. The van der Waals surface area contributed by atoms with Crippen LogP contribution in [0.15, 0.2) is 47.3 Å². The second-order valence-electron chi connectivity index (χ2n) is 5.91. The number of nitrogens with one attached hydrogen (secondary N) is 2. The van der Waals surface area contributed by atoms with Crippen LogP contribution in [0.25, 0.3) is 0 Å². The third kappa shape index (κ3) is 5.24. The fraction of sp³-hybridized carbons (Fsp3) is 0.389. The van der Waals surface area contributed by atoms with Crippen molar-refractivity contribution in [3.63, 3.8) is 0 Å². The minimum atomic E-state index is -0.282. The molecule has 2 N–H and O–H groups in total. The van der Waals surface area contributed by atoms with Crippen LogP contribution in [-0.4, -0.2) is 42.1 Å². The number of furan rings is 1. The molecule has 0 radical (unpaired) electrons. The molecule has 0 spiro atoms. The van der Waals surface area contributed by atoms with Crippen LogP contribution in [0.5, 0.6) is 0 Å². The summed E-state index contributed by atoms with van der Waals surface area (Å²) in [6.45, 7) is 2.88. The molecule has 0 bridgehead atoms. The zero-order chi connectivity index (χ0) is 17.5. The summed E-state index contributed by atoms with van der Waals surface area (Å²) >= 11 is 1.95. The Morgan fingerprint density at radius 2 is 1.96 bits per heavy atom. The van der Waals surface area contributed by atoms with E-state index in [4.69, 9.17) is 4.42 Å². The van der Waals surface area contributed by atoms with Gasteiger partial charge in [-0.2, -0.15) is 11.8 Å². The summed E-state index contributed by atoms with van der Waals surface area (Å²) in [5, 5.41) is 5.74. The topological polar surface area (TPSA) is 57.5 Å². The Hall–Kier alpha value is -1.99. The standard InChI is InChI=1S/C18H22FN3O2S/c19-16-3-1-14(2-4-16)11-20-18(23)21-12-17(15-5-8-24-13-15)22-6-9-25-10-7-22/h1-5,8,13,17H,6-7,9-12H2,(H2,20,21,23). The predicted octanol–water partition coefficient (Wildman–Crippen LogP) is 3.01. The van der Waals surface area contributed by atoms with Crippen LogP contribution in [0.3, 0.4) is 0 Å². The lowest BCUT2D eigenvalue weighted by molar-refractivity contribution is 0.205. The van der Waals surface area contributed by atoms with Gasteiger partial charge in [0.2, 0.25) is 0 Å². The van der Waals surface area contributed by atoms with Crippen LogP contribution in [0.1, 0.15) is 17.2 Å². The highest BCUT2D eigenvalue weighted by Crippen LogP contribution is 2.24. The highest BCUT2D eigenvalue weighted by Gasteiger charge is 2.23. The van der Waals surface area contributed by atoms with Gasteiger partial charge >= 0.3 is 6.03 Å². The van der Waals surface area contributed by atoms with Crippen molar-refractivity contribution in [2.75, 3.05) is 31.1 Å². The molecule has 0 saturated carbocycles. The van der Waals surface area contributed by atoms with Gasteiger partial charge < -0.3 is 15.1 Å². The Kier molecular flexibility index (Phi) is 6.36. The van der Waals surface area contributed by atoms with Crippen LogP contribution in [0.2, 0.25) is 0 Å².